The fourth-order valence-corrected chi connectivity index (χ4v) is 1.18. The van der Waals surface area contributed by atoms with Crippen molar-refractivity contribution < 1.29 is 13.2 Å². The van der Waals surface area contributed by atoms with Crippen molar-refractivity contribution in [3.05, 3.63) is 29.6 Å². The van der Waals surface area contributed by atoms with Gasteiger partial charge in [0.2, 0.25) is 0 Å². The molecule has 1 aromatic rings. The molecule has 0 aliphatic rings. The Morgan fingerprint density at radius 3 is 2.46 bits per heavy atom. The lowest BCUT2D eigenvalue weighted by molar-refractivity contribution is -0.141. The Morgan fingerprint density at radius 1 is 1.38 bits per heavy atom. The first kappa shape index (κ1) is 10.7. The Balaban J connectivity index is 3.06. The van der Waals surface area contributed by atoms with Gasteiger partial charge in [-0.3, -0.25) is 0 Å². The van der Waals surface area contributed by atoms with E-state index in [0.717, 1.165) is 6.07 Å². The summed E-state index contributed by atoms with van der Waals surface area (Å²) in [4.78, 5) is 3.51. The number of alkyl halides is 4. The van der Waals surface area contributed by atoms with Crippen LogP contribution in [-0.4, -0.2) is 4.98 Å². The zero-order valence-electron chi connectivity index (χ0n) is 6.77. The molecule has 1 heterocycles. The van der Waals surface area contributed by atoms with Crippen molar-refractivity contribution in [2.24, 2.45) is 0 Å². The van der Waals surface area contributed by atoms with Crippen LogP contribution in [0.4, 0.5) is 13.2 Å². The predicted octanol–water partition coefficient (Wildman–Crippen LogP) is 3.60. The van der Waals surface area contributed by atoms with Gasteiger partial charge in [0.05, 0.1) is 9.62 Å². The summed E-state index contributed by atoms with van der Waals surface area (Å²) in [5, 5.41) is 0. The van der Waals surface area contributed by atoms with Gasteiger partial charge in [0.1, 0.15) is 5.69 Å². The number of hydrogen-bond acceptors (Lipinski definition) is 1. The molecule has 0 saturated carbocycles. The zero-order valence-corrected chi connectivity index (χ0v) is 8.93. The van der Waals surface area contributed by atoms with Crippen molar-refractivity contribution in [1.29, 1.82) is 0 Å². The second kappa shape index (κ2) is 3.81. The Kier molecular flexibility index (Phi) is 3.15. The molecule has 1 rings (SSSR count). The fraction of sp³-hybridized carbons (Fsp3) is 0.375. The number of aromatic nitrogens is 1. The molecule has 0 fully saturated rings. The molecule has 1 unspecified atom stereocenters. The predicted molar refractivity (Wildman–Crippen MR) is 51.7 cm³/mol. The minimum atomic E-state index is -4.35. The van der Waals surface area contributed by atoms with Gasteiger partial charge in [-0.05, 0) is 19.1 Å². The van der Waals surface area contributed by atoms with Crippen LogP contribution in [0.2, 0.25) is 0 Å². The van der Waals surface area contributed by atoms with Gasteiger partial charge in [-0.25, -0.2) is 4.98 Å². The summed E-state index contributed by atoms with van der Waals surface area (Å²) in [6.45, 7) is 1.79. The largest absolute Gasteiger partial charge is 0.433 e. The van der Waals surface area contributed by atoms with Gasteiger partial charge in [-0.1, -0.05) is 28.7 Å². The highest BCUT2D eigenvalue weighted by Gasteiger charge is 2.32. The summed E-state index contributed by atoms with van der Waals surface area (Å²) in [6.07, 6.45) is -4.35. The van der Waals surface area contributed by atoms with Crippen molar-refractivity contribution in [2.45, 2.75) is 17.0 Å². The molecule has 1 nitrogen and oxygen atoms in total. The first-order valence-corrected chi connectivity index (χ1v) is 4.84. The van der Waals surface area contributed by atoms with Gasteiger partial charge in [-0.15, -0.1) is 0 Å². The number of nitrogens with zero attached hydrogens (tertiary/aromatic N) is 1. The quantitative estimate of drug-likeness (QED) is 0.570. The smallest absolute Gasteiger partial charge is 0.247 e. The van der Waals surface area contributed by atoms with Crippen LogP contribution >= 0.6 is 22.6 Å². The molecule has 0 aliphatic heterocycles. The van der Waals surface area contributed by atoms with E-state index in [1.807, 2.05) is 22.6 Å². The molecule has 0 spiro atoms. The summed E-state index contributed by atoms with van der Waals surface area (Å²) >= 11 is 2.02. The molecule has 0 saturated heterocycles. The fourth-order valence-electron chi connectivity index (χ4n) is 0.831. The summed E-state index contributed by atoms with van der Waals surface area (Å²) in [5.74, 6) is 0. The molecule has 0 radical (unpaired) electrons. The van der Waals surface area contributed by atoms with Crippen LogP contribution in [0.25, 0.3) is 0 Å². The van der Waals surface area contributed by atoms with E-state index in [1.165, 1.54) is 6.07 Å². The van der Waals surface area contributed by atoms with Crippen molar-refractivity contribution in [3.8, 4) is 0 Å². The van der Waals surface area contributed by atoms with Gasteiger partial charge in [0, 0.05) is 0 Å². The monoisotopic (exact) mass is 301 g/mol. The zero-order chi connectivity index (χ0) is 10.1. The second-order valence-corrected chi connectivity index (χ2v) is 4.43. The molecule has 1 aromatic heterocycles. The Labute approximate surface area is 87.5 Å². The van der Waals surface area contributed by atoms with E-state index >= 15 is 0 Å². The SMILES string of the molecule is CC(I)c1cccc(C(F)(F)F)n1. The topological polar surface area (TPSA) is 12.9 Å². The number of halogens is 4. The summed E-state index contributed by atoms with van der Waals surface area (Å²) < 4.78 is 36.5. The molecule has 0 N–H and O–H groups in total. The average Bonchev–Trinajstić information content (AvgIpc) is 2.03. The Morgan fingerprint density at radius 2 is 2.00 bits per heavy atom. The summed E-state index contributed by atoms with van der Waals surface area (Å²) in [6, 6.07) is 3.94. The third-order valence-electron chi connectivity index (χ3n) is 1.47. The average molecular weight is 301 g/mol. The van der Waals surface area contributed by atoms with Crippen LogP contribution in [0.3, 0.4) is 0 Å². The molecule has 0 aromatic carbocycles. The lowest BCUT2D eigenvalue weighted by atomic mass is 10.2. The number of hydrogen-bond donors (Lipinski definition) is 0. The van der Waals surface area contributed by atoms with Crippen molar-refractivity contribution >= 4 is 22.6 Å². The van der Waals surface area contributed by atoms with Crippen LogP contribution in [0.15, 0.2) is 18.2 Å². The number of pyridine rings is 1. The van der Waals surface area contributed by atoms with Crippen molar-refractivity contribution in [1.82, 2.24) is 4.98 Å². The Bertz CT molecular complexity index is 296. The lowest BCUT2D eigenvalue weighted by Crippen LogP contribution is -2.09. The Hall–Kier alpha value is -0.330. The van der Waals surface area contributed by atoms with E-state index in [-0.39, 0.29) is 3.92 Å². The standard InChI is InChI=1S/C8H7F3IN/c1-5(12)6-3-2-4-7(13-6)8(9,10)11/h2-5H,1H3. The van der Waals surface area contributed by atoms with Crippen molar-refractivity contribution in [3.63, 3.8) is 0 Å². The minimum absolute atomic E-state index is 0.0140. The summed E-state index contributed by atoms with van der Waals surface area (Å²) in [5.41, 5.74) is -0.371. The number of rotatable bonds is 1. The minimum Gasteiger partial charge on any atom is -0.247 e. The maximum absolute atomic E-state index is 12.2. The molecule has 0 bridgehead atoms. The van der Waals surface area contributed by atoms with Gasteiger partial charge in [0.15, 0.2) is 0 Å². The van der Waals surface area contributed by atoms with Crippen LogP contribution < -0.4 is 0 Å². The molecule has 1 atom stereocenters. The molecule has 0 aliphatic carbocycles. The third-order valence-corrected chi connectivity index (χ3v) is 2.11. The van der Waals surface area contributed by atoms with E-state index < -0.39 is 11.9 Å². The van der Waals surface area contributed by atoms with E-state index in [9.17, 15) is 13.2 Å². The highest BCUT2D eigenvalue weighted by Crippen LogP contribution is 2.29. The van der Waals surface area contributed by atoms with Gasteiger partial charge < -0.3 is 0 Å². The van der Waals surface area contributed by atoms with E-state index in [4.69, 9.17) is 0 Å². The third kappa shape index (κ3) is 2.82. The molecule has 72 valence electrons. The normalized spacial score (nSPS) is 14.2. The maximum Gasteiger partial charge on any atom is 0.433 e. The van der Waals surface area contributed by atoms with Gasteiger partial charge in [-0.2, -0.15) is 13.2 Å². The van der Waals surface area contributed by atoms with Crippen LogP contribution in [0, 0.1) is 0 Å². The first-order chi connectivity index (χ1) is 5.91. The highest BCUT2D eigenvalue weighted by molar-refractivity contribution is 14.1. The van der Waals surface area contributed by atoms with Gasteiger partial charge >= 0.3 is 6.18 Å². The first-order valence-electron chi connectivity index (χ1n) is 3.59. The van der Waals surface area contributed by atoms with Gasteiger partial charge in [0.25, 0.3) is 0 Å². The summed E-state index contributed by atoms with van der Waals surface area (Å²) in [7, 11) is 0. The van der Waals surface area contributed by atoms with Crippen LogP contribution in [0.1, 0.15) is 22.2 Å². The maximum atomic E-state index is 12.2. The van der Waals surface area contributed by atoms with Crippen LogP contribution in [0.5, 0.6) is 0 Å². The highest BCUT2D eigenvalue weighted by atomic mass is 127. The van der Waals surface area contributed by atoms with E-state index in [0.29, 0.717) is 5.69 Å². The van der Waals surface area contributed by atoms with Crippen LogP contribution in [-0.2, 0) is 6.18 Å². The molecule has 5 heteroatoms. The van der Waals surface area contributed by atoms with E-state index in [2.05, 4.69) is 4.98 Å². The molecular formula is C8H7F3IN. The lowest BCUT2D eigenvalue weighted by Gasteiger charge is -2.08. The van der Waals surface area contributed by atoms with E-state index in [1.54, 1.807) is 13.0 Å². The second-order valence-electron chi connectivity index (χ2n) is 2.56. The molecule has 13 heavy (non-hydrogen) atoms. The molecule has 0 amide bonds. The van der Waals surface area contributed by atoms with Crippen molar-refractivity contribution in [2.75, 3.05) is 0 Å². The molecular weight excluding hydrogens is 294 g/mol.